The van der Waals surface area contributed by atoms with Gasteiger partial charge in [-0.15, -0.1) is 0 Å². The van der Waals surface area contributed by atoms with Crippen LogP contribution in [0.4, 0.5) is 10.1 Å². The summed E-state index contributed by atoms with van der Waals surface area (Å²) in [6.45, 7) is 6.14. The molecule has 0 bridgehead atoms. The van der Waals surface area contributed by atoms with Gasteiger partial charge in [-0.1, -0.05) is 0 Å². The molecule has 0 spiro atoms. The van der Waals surface area contributed by atoms with E-state index in [2.05, 4.69) is 18.7 Å². The molecule has 0 radical (unpaired) electrons. The van der Waals surface area contributed by atoms with Crippen LogP contribution in [0.3, 0.4) is 0 Å². The lowest BCUT2D eigenvalue weighted by Crippen LogP contribution is -2.58. The summed E-state index contributed by atoms with van der Waals surface area (Å²) in [6.07, 6.45) is 0. The number of piperazine rings is 1. The van der Waals surface area contributed by atoms with Crippen LogP contribution < -0.4 is 5.73 Å². The number of rotatable bonds is 1. The lowest BCUT2D eigenvalue weighted by Gasteiger charge is -2.45. The third-order valence-corrected chi connectivity index (χ3v) is 3.83. The predicted octanol–water partition coefficient (Wildman–Crippen LogP) is 1.57. The molecule has 5 heteroatoms. The molecule has 19 heavy (non-hydrogen) atoms. The van der Waals surface area contributed by atoms with E-state index in [1.54, 1.807) is 11.0 Å². The topological polar surface area (TPSA) is 49.6 Å². The second-order valence-electron chi connectivity index (χ2n) is 5.70. The standard InChI is InChI=1S/C14H20FN3O/c1-14(2)9-18(7-6-17(14)3)13(19)11-5-4-10(16)8-12(11)15/h4-5,8H,6-7,9,16H2,1-3H3. The van der Waals surface area contributed by atoms with Crippen molar-refractivity contribution in [1.29, 1.82) is 0 Å². The highest BCUT2D eigenvalue weighted by atomic mass is 19.1. The second-order valence-corrected chi connectivity index (χ2v) is 5.70. The molecule has 104 valence electrons. The van der Waals surface area contributed by atoms with E-state index in [1.165, 1.54) is 12.1 Å². The smallest absolute Gasteiger partial charge is 0.256 e. The Labute approximate surface area is 113 Å². The van der Waals surface area contributed by atoms with E-state index in [4.69, 9.17) is 5.73 Å². The SMILES string of the molecule is CN1CCN(C(=O)c2ccc(N)cc2F)CC1(C)C. The highest BCUT2D eigenvalue weighted by Crippen LogP contribution is 2.22. The van der Waals surface area contributed by atoms with Crippen LogP contribution in [-0.4, -0.2) is 47.9 Å². The number of nitrogens with two attached hydrogens (primary N) is 1. The van der Waals surface area contributed by atoms with E-state index in [-0.39, 0.29) is 17.0 Å². The summed E-state index contributed by atoms with van der Waals surface area (Å²) >= 11 is 0. The van der Waals surface area contributed by atoms with Crippen molar-refractivity contribution >= 4 is 11.6 Å². The summed E-state index contributed by atoms with van der Waals surface area (Å²) in [5, 5.41) is 0. The van der Waals surface area contributed by atoms with Gasteiger partial charge in [-0.25, -0.2) is 4.39 Å². The van der Waals surface area contributed by atoms with Gasteiger partial charge < -0.3 is 10.6 Å². The number of carbonyl (C=O) groups is 1. The van der Waals surface area contributed by atoms with Crippen LogP contribution in [0.1, 0.15) is 24.2 Å². The number of nitrogen functional groups attached to an aromatic ring is 1. The number of nitrogens with zero attached hydrogens (tertiary/aromatic N) is 2. The molecule has 0 aromatic heterocycles. The zero-order valence-electron chi connectivity index (χ0n) is 11.6. The minimum Gasteiger partial charge on any atom is -0.399 e. The maximum Gasteiger partial charge on any atom is 0.256 e. The molecule has 1 aliphatic rings. The van der Waals surface area contributed by atoms with Crippen molar-refractivity contribution in [3.63, 3.8) is 0 Å². The average molecular weight is 265 g/mol. The van der Waals surface area contributed by atoms with Gasteiger partial charge >= 0.3 is 0 Å². The van der Waals surface area contributed by atoms with Gasteiger partial charge in [0.1, 0.15) is 5.82 Å². The van der Waals surface area contributed by atoms with Crippen LogP contribution in [-0.2, 0) is 0 Å². The summed E-state index contributed by atoms with van der Waals surface area (Å²) in [7, 11) is 2.03. The van der Waals surface area contributed by atoms with Crippen LogP contribution in [0, 0.1) is 5.82 Å². The van der Waals surface area contributed by atoms with E-state index >= 15 is 0 Å². The zero-order chi connectivity index (χ0) is 14.2. The van der Waals surface area contributed by atoms with E-state index in [0.29, 0.717) is 18.8 Å². The van der Waals surface area contributed by atoms with Crippen molar-refractivity contribution < 1.29 is 9.18 Å². The number of benzene rings is 1. The summed E-state index contributed by atoms with van der Waals surface area (Å²) in [4.78, 5) is 16.3. The Bertz CT molecular complexity index is 501. The monoisotopic (exact) mass is 265 g/mol. The number of halogens is 1. The van der Waals surface area contributed by atoms with Crippen molar-refractivity contribution in [2.24, 2.45) is 0 Å². The molecule has 2 rings (SSSR count). The molecule has 0 unspecified atom stereocenters. The second kappa shape index (κ2) is 4.81. The molecule has 1 aromatic carbocycles. The van der Waals surface area contributed by atoms with Crippen LogP contribution in [0.25, 0.3) is 0 Å². The Kier molecular flexibility index (Phi) is 3.49. The summed E-state index contributed by atoms with van der Waals surface area (Å²) in [6, 6.07) is 4.20. The van der Waals surface area contributed by atoms with Crippen LogP contribution in [0.5, 0.6) is 0 Å². The number of likely N-dealkylation sites (N-methyl/N-ethyl adjacent to an activating group) is 1. The van der Waals surface area contributed by atoms with Gasteiger partial charge in [0, 0.05) is 30.9 Å². The first-order chi connectivity index (χ1) is 8.81. The number of amides is 1. The Morgan fingerprint density at radius 1 is 1.37 bits per heavy atom. The molecular weight excluding hydrogens is 245 g/mol. The van der Waals surface area contributed by atoms with Crippen molar-refractivity contribution in [2.75, 3.05) is 32.4 Å². The lowest BCUT2D eigenvalue weighted by atomic mass is 9.99. The van der Waals surface area contributed by atoms with Gasteiger partial charge in [0.25, 0.3) is 5.91 Å². The fourth-order valence-corrected chi connectivity index (χ4v) is 2.29. The molecule has 1 saturated heterocycles. The first kappa shape index (κ1) is 13.8. The Balaban J connectivity index is 2.21. The minimum absolute atomic E-state index is 0.0922. The quantitative estimate of drug-likeness (QED) is 0.784. The number of hydrogen-bond acceptors (Lipinski definition) is 3. The highest BCUT2D eigenvalue weighted by molar-refractivity contribution is 5.95. The third-order valence-electron chi connectivity index (χ3n) is 3.83. The van der Waals surface area contributed by atoms with Crippen molar-refractivity contribution in [3.8, 4) is 0 Å². The fraction of sp³-hybridized carbons (Fsp3) is 0.500. The maximum atomic E-state index is 13.8. The molecular formula is C14H20FN3O. The maximum absolute atomic E-state index is 13.8. The zero-order valence-corrected chi connectivity index (χ0v) is 11.6. The van der Waals surface area contributed by atoms with E-state index in [0.717, 1.165) is 6.54 Å². The molecule has 1 heterocycles. The summed E-state index contributed by atoms with van der Waals surface area (Å²) in [5.74, 6) is -0.819. The molecule has 0 atom stereocenters. The van der Waals surface area contributed by atoms with Gasteiger partial charge in [-0.05, 0) is 39.1 Å². The summed E-state index contributed by atoms with van der Waals surface area (Å²) < 4.78 is 13.8. The lowest BCUT2D eigenvalue weighted by molar-refractivity contribution is 0.0308. The van der Waals surface area contributed by atoms with E-state index in [1.807, 2.05) is 7.05 Å². The van der Waals surface area contributed by atoms with E-state index < -0.39 is 5.82 Å². The number of carbonyl (C=O) groups excluding carboxylic acids is 1. The molecule has 0 saturated carbocycles. The first-order valence-electron chi connectivity index (χ1n) is 6.37. The molecule has 1 aliphatic heterocycles. The third kappa shape index (κ3) is 2.71. The van der Waals surface area contributed by atoms with Crippen molar-refractivity contribution in [2.45, 2.75) is 19.4 Å². The van der Waals surface area contributed by atoms with Gasteiger partial charge in [0.05, 0.1) is 5.56 Å². The predicted molar refractivity (Wildman–Crippen MR) is 73.4 cm³/mol. The molecule has 1 amide bonds. The molecule has 1 aromatic rings. The Hall–Kier alpha value is -1.62. The Morgan fingerprint density at radius 3 is 2.63 bits per heavy atom. The van der Waals surface area contributed by atoms with E-state index in [9.17, 15) is 9.18 Å². The number of anilines is 1. The Morgan fingerprint density at radius 2 is 2.05 bits per heavy atom. The van der Waals surface area contributed by atoms with Gasteiger partial charge in [0.2, 0.25) is 0 Å². The van der Waals surface area contributed by atoms with Gasteiger partial charge in [-0.3, -0.25) is 9.69 Å². The largest absolute Gasteiger partial charge is 0.399 e. The van der Waals surface area contributed by atoms with Gasteiger partial charge in [-0.2, -0.15) is 0 Å². The molecule has 2 N–H and O–H groups in total. The molecule has 4 nitrogen and oxygen atoms in total. The normalized spacial score (nSPS) is 19.5. The molecule has 1 fully saturated rings. The van der Waals surface area contributed by atoms with Crippen molar-refractivity contribution in [1.82, 2.24) is 9.80 Å². The van der Waals surface area contributed by atoms with Crippen LogP contribution in [0.15, 0.2) is 18.2 Å². The fourth-order valence-electron chi connectivity index (χ4n) is 2.29. The molecule has 0 aliphatic carbocycles. The first-order valence-corrected chi connectivity index (χ1v) is 6.37. The average Bonchev–Trinajstić information content (AvgIpc) is 2.32. The van der Waals surface area contributed by atoms with Crippen LogP contribution in [0.2, 0.25) is 0 Å². The highest BCUT2D eigenvalue weighted by Gasteiger charge is 2.34. The summed E-state index contributed by atoms with van der Waals surface area (Å²) in [5.41, 5.74) is 5.82. The minimum atomic E-state index is -0.554. The van der Waals surface area contributed by atoms with Gasteiger partial charge in [0.15, 0.2) is 0 Å². The van der Waals surface area contributed by atoms with Crippen molar-refractivity contribution in [3.05, 3.63) is 29.6 Å². The number of hydrogen-bond donors (Lipinski definition) is 1. The van der Waals surface area contributed by atoms with Crippen LogP contribution >= 0.6 is 0 Å².